The maximum Gasteiger partial charge on any atom is 0.320 e. The Labute approximate surface area is 127 Å². The number of rotatable bonds is 7. The Hall–Kier alpha value is -1.66. The number of benzene rings is 1. The van der Waals surface area contributed by atoms with Gasteiger partial charge in [-0.3, -0.25) is 14.9 Å². The van der Waals surface area contributed by atoms with Crippen LogP contribution in [0.1, 0.15) is 20.3 Å². The van der Waals surface area contributed by atoms with E-state index in [-0.39, 0.29) is 23.2 Å². The first-order valence-electron chi connectivity index (χ1n) is 6.50. The summed E-state index contributed by atoms with van der Waals surface area (Å²) in [6.07, 6.45) is 0.401. The third-order valence-electron chi connectivity index (χ3n) is 2.72. The van der Waals surface area contributed by atoms with Crippen LogP contribution >= 0.6 is 11.6 Å². The van der Waals surface area contributed by atoms with E-state index in [9.17, 15) is 14.0 Å². The smallest absolute Gasteiger partial charge is 0.320 e. The molecule has 0 spiro atoms. The molecule has 7 heteroatoms. The first-order chi connectivity index (χ1) is 9.79. The second-order valence-electron chi connectivity index (χ2n) is 5.07. The molecule has 0 saturated heterocycles. The summed E-state index contributed by atoms with van der Waals surface area (Å²) in [7, 11) is 0. The summed E-state index contributed by atoms with van der Waals surface area (Å²) in [5.74, 6) is -2.01. The highest BCUT2D eigenvalue weighted by Gasteiger charge is 2.19. The van der Waals surface area contributed by atoms with Gasteiger partial charge in [-0.05, 0) is 30.5 Å². The summed E-state index contributed by atoms with van der Waals surface area (Å²) in [4.78, 5) is 22.7. The van der Waals surface area contributed by atoms with E-state index >= 15 is 0 Å². The molecule has 1 aromatic carbocycles. The van der Waals surface area contributed by atoms with Crippen LogP contribution in [0.2, 0.25) is 5.02 Å². The molecule has 0 fully saturated rings. The fraction of sp³-hybridized carbons (Fsp3) is 0.429. The summed E-state index contributed by atoms with van der Waals surface area (Å²) >= 11 is 5.61. The number of hydrogen-bond acceptors (Lipinski definition) is 3. The highest BCUT2D eigenvalue weighted by molar-refractivity contribution is 6.30. The third kappa shape index (κ3) is 6.10. The monoisotopic (exact) mass is 316 g/mol. The SMILES string of the molecule is CC(C)CC(NCC(=O)Nc1ccc(Cl)cc1F)C(=O)O. The number of carboxylic acids is 1. The zero-order chi connectivity index (χ0) is 16.0. The molecule has 1 rings (SSSR count). The normalized spacial score (nSPS) is 12.2. The van der Waals surface area contributed by atoms with Gasteiger partial charge in [0.05, 0.1) is 12.2 Å². The Kier molecular flexibility index (Phi) is 6.58. The van der Waals surface area contributed by atoms with E-state index < -0.39 is 23.7 Å². The molecular formula is C14H18ClFN2O3. The predicted molar refractivity (Wildman–Crippen MR) is 78.9 cm³/mol. The number of carboxylic acid groups (broad SMARTS) is 1. The summed E-state index contributed by atoms with van der Waals surface area (Å²) in [6.45, 7) is 3.56. The van der Waals surface area contributed by atoms with Crippen LogP contribution in [-0.4, -0.2) is 29.6 Å². The van der Waals surface area contributed by atoms with E-state index in [0.717, 1.165) is 6.07 Å². The molecule has 3 N–H and O–H groups in total. The van der Waals surface area contributed by atoms with Crippen LogP contribution in [0, 0.1) is 11.7 Å². The lowest BCUT2D eigenvalue weighted by Gasteiger charge is -2.16. The number of halogens is 2. The van der Waals surface area contributed by atoms with Crippen LogP contribution in [0.4, 0.5) is 10.1 Å². The van der Waals surface area contributed by atoms with E-state index in [1.165, 1.54) is 12.1 Å². The van der Waals surface area contributed by atoms with E-state index in [2.05, 4.69) is 10.6 Å². The van der Waals surface area contributed by atoms with Gasteiger partial charge in [-0.25, -0.2) is 4.39 Å². The first-order valence-corrected chi connectivity index (χ1v) is 6.88. The van der Waals surface area contributed by atoms with Gasteiger partial charge in [-0.2, -0.15) is 0 Å². The van der Waals surface area contributed by atoms with Gasteiger partial charge in [-0.1, -0.05) is 25.4 Å². The van der Waals surface area contributed by atoms with Crippen LogP contribution in [0.25, 0.3) is 0 Å². The minimum Gasteiger partial charge on any atom is -0.480 e. The molecule has 0 aliphatic rings. The van der Waals surface area contributed by atoms with Crippen molar-refractivity contribution in [3.63, 3.8) is 0 Å². The number of hydrogen-bond donors (Lipinski definition) is 3. The number of nitrogens with one attached hydrogen (secondary N) is 2. The topological polar surface area (TPSA) is 78.4 Å². The quantitative estimate of drug-likeness (QED) is 0.722. The summed E-state index contributed by atoms with van der Waals surface area (Å²) in [6, 6.07) is 3.07. The molecule has 1 unspecified atom stereocenters. The van der Waals surface area contributed by atoms with E-state index in [4.69, 9.17) is 16.7 Å². The molecule has 0 radical (unpaired) electrons. The van der Waals surface area contributed by atoms with E-state index in [1.807, 2.05) is 13.8 Å². The second-order valence-corrected chi connectivity index (χ2v) is 5.51. The van der Waals surface area contributed by atoms with Gasteiger partial charge in [0.25, 0.3) is 0 Å². The van der Waals surface area contributed by atoms with E-state index in [0.29, 0.717) is 6.42 Å². The maximum absolute atomic E-state index is 13.5. The molecule has 21 heavy (non-hydrogen) atoms. The average Bonchev–Trinajstić information content (AvgIpc) is 2.37. The minimum atomic E-state index is -1.02. The van der Waals surface area contributed by atoms with Crippen molar-refractivity contribution in [2.24, 2.45) is 5.92 Å². The molecule has 116 valence electrons. The lowest BCUT2D eigenvalue weighted by atomic mass is 10.0. The van der Waals surface area contributed by atoms with Crippen molar-refractivity contribution in [2.75, 3.05) is 11.9 Å². The molecule has 0 aliphatic carbocycles. The zero-order valence-corrected chi connectivity index (χ0v) is 12.6. The number of anilines is 1. The van der Waals surface area contributed by atoms with Crippen molar-refractivity contribution in [3.05, 3.63) is 29.0 Å². The summed E-state index contributed by atoms with van der Waals surface area (Å²) in [5, 5.41) is 14.3. The highest BCUT2D eigenvalue weighted by atomic mass is 35.5. The predicted octanol–water partition coefficient (Wildman–Crippen LogP) is 2.51. The largest absolute Gasteiger partial charge is 0.480 e. The van der Waals surface area contributed by atoms with Crippen molar-refractivity contribution in [3.8, 4) is 0 Å². The first kappa shape index (κ1) is 17.4. The maximum atomic E-state index is 13.5. The van der Waals surface area contributed by atoms with Crippen LogP contribution < -0.4 is 10.6 Å². The van der Waals surface area contributed by atoms with E-state index in [1.54, 1.807) is 0 Å². The fourth-order valence-corrected chi connectivity index (χ4v) is 1.90. The van der Waals surface area contributed by atoms with Crippen LogP contribution in [-0.2, 0) is 9.59 Å². The van der Waals surface area contributed by atoms with Crippen molar-refractivity contribution in [1.29, 1.82) is 0 Å². The Morgan fingerprint density at radius 3 is 2.57 bits per heavy atom. The number of amides is 1. The second kappa shape index (κ2) is 7.95. The molecule has 1 amide bonds. The minimum absolute atomic E-state index is 0.00179. The Morgan fingerprint density at radius 1 is 1.38 bits per heavy atom. The van der Waals surface area contributed by atoms with Gasteiger partial charge in [0, 0.05) is 5.02 Å². The Morgan fingerprint density at radius 2 is 2.05 bits per heavy atom. The molecule has 5 nitrogen and oxygen atoms in total. The van der Waals surface area contributed by atoms with Crippen molar-refractivity contribution >= 4 is 29.2 Å². The van der Waals surface area contributed by atoms with Crippen molar-refractivity contribution in [2.45, 2.75) is 26.3 Å². The van der Waals surface area contributed by atoms with Crippen molar-refractivity contribution < 1.29 is 19.1 Å². The molecule has 1 atom stereocenters. The van der Waals surface area contributed by atoms with Gasteiger partial charge in [0.1, 0.15) is 11.9 Å². The molecule has 0 bridgehead atoms. The summed E-state index contributed by atoms with van der Waals surface area (Å²) < 4.78 is 13.5. The van der Waals surface area contributed by atoms with Gasteiger partial charge in [-0.15, -0.1) is 0 Å². The van der Waals surface area contributed by atoms with Crippen LogP contribution in [0.5, 0.6) is 0 Å². The lowest BCUT2D eigenvalue weighted by Crippen LogP contribution is -2.42. The molecule has 0 heterocycles. The molecule has 0 saturated carbocycles. The molecule has 1 aromatic rings. The van der Waals surface area contributed by atoms with Gasteiger partial charge in [0.2, 0.25) is 5.91 Å². The Bertz CT molecular complexity index is 523. The number of aliphatic carboxylic acids is 1. The molecule has 0 aromatic heterocycles. The van der Waals surface area contributed by atoms with Crippen molar-refractivity contribution in [1.82, 2.24) is 5.32 Å². The number of carbonyl (C=O) groups is 2. The van der Waals surface area contributed by atoms with Crippen LogP contribution in [0.3, 0.4) is 0 Å². The fourth-order valence-electron chi connectivity index (χ4n) is 1.74. The highest BCUT2D eigenvalue weighted by Crippen LogP contribution is 2.18. The van der Waals surface area contributed by atoms with Gasteiger partial charge < -0.3 is 10.4 Å². The molecule has 0 aliphatic heterocycles. The zero-order valence-electron chi connectivity index (χ0n) is 11.8. The van der Waals surface area contributed by atoms with Gasteiger partial charge in [0.15, 0.2) is 0 Å². The van der Waals surface area contributed by atoms with Gasteiger partial charge >= 0.3 is 5.97 Å². The van der Waals surface area contributed by atoms with Crippen LogP contribution in [0.15, 0.2) is 18.2 Å². The lowest BCUT2D eigenvalue weighted by molar-refractivity contribution is -0.139. The molecular weight excluding hydrogens is 299 g/mol. The third-order valence-corrected chi connectivity index (χ3v) is 2.95. The Balaban J connectivity index is 2.54. The summed E-state index contributed by atoms with van der Waals surface area (Å²) in [5.41, 5.74) is 0.00179. The number of carbonyl (C=O) groups excluding carboxylic acids is 1. The average molecular weight is 317 g/mol. The standard InChI is InChI=1S/C14H18ClFN2O3/c1-8(2)5-12(14(20)21)17-7-13(19)18-11-4-3-9(15)6-10(11)16/h3-4,6,8,12,17H,5,7H2,1-2H3,(H,18,19)(H,20,21).